The highest BCUT2D eigenvalue weighted by molar-refractivity contribution is 5.24. The first-order valence-corrected chi connectivity index (χ1v) is 5.44. The number of aliphatic hydroxyl groups excluding tert-OH is 1. The lowest BCUT2D eigenvalue weighted by Crippen LogP contribution is -2.26. The molecule has 0 atom stereocenters. The van der Waals surface area contributed by atoms with Gasteiger partial charge in [0.15, 0.2) is 0 Å². The van der Waals surface area contributed by atoms with Crippen LogP contribution < -0.4 is 4.74 Å². The van der Waals surface area contributed by atoms with Gasteiger partial charge in [0.25, 0.3) is 0 Å². The monoisotopic (exact) mass is 228 g/mol. The normalized spacial score (nSPS) is 25.4. The summed E-state index contributed by atoms with van der Waals surface area (Å²) in [6.07, 6.45) is 2.50. The van der Waals surface area contributed by atoms with E-state index in [9.17, 15) is 13.9 Å². The Labute approximate surface area is 92.9 Å². The highest BCUT2D eigenvalue weighted by atomic mass is 19.1. The lowest BCUT2D eigenvalue weighted by atomic mass is 9.95. The predicted molar refractivity (Wildman–Crippen MR) is 55.2 cm³/mol. The van der Waals surface area contributed by atoms with Crippen molar-refractivity contribution in [2.75, 3.05) is 0 Å². The van der Waals surface area contributed by atoms with E-state index in [2.05, 4.69) is 0 Å². The van der Waals surface area contributed by atoms with Crippen molar-refractivity contribution in [2.45, 2.75) is 37.9 Å². The molecule has 1 aromatic carbocycles. The second-order valence-electron chi connectivity index (χ2n) is 4.15. The molecule has 16 heavy (non-hydrogen) atoms. The number of hydrogen-bond acceptors (Lipinski definition) is 2. The molecule has 0 aliphatic heterocycles. The van der Waals surface area contributed by atoms with Crippen LogP contribution in [0.25, 0.3) is 0 Å². The third kappa shape index (κ3) is 2.92. The van der Waals surface area contributed by atoms with E-state index in [1.165, 1.54) is 12.1 Å². The minimum absolute atomic E-state index is 0.0513. The van der Waals surface area contributed by atoms with Crippen molar-refractivity contribution in [1.29, 1.82) is 0 Å². The summed E-state index contributed by atoms with van der Waals surface area (Å²) in [6.45, 7) is 0. The summed E-state index contributed by atoms with van der Waals surface area (Å²) in [5.41, 5.74) is 0. The largest absolute Gasteiger partial charge is 0.490 e. The van der Waals surface area contributed by atoms with Crippen LogP contribution in [0.2, 0.25) is 0 Å². The van der Waals surface area contributed by atoms with E-state index < -0.39 is 11.6 Å². The Morgan fingerprint density at radius 2 is 1.56 bits per heavy atom. The standard InChI is InChI=1S/C12H14F2O2/c13-8-5-9(14)7-12(6-8)16-11-3-1-10(15)2-4-11/h5-7,10-11,15H,1-4H2. The molecule has 1 aromatic rings. The first-order chi connectivity index (χ1) is 7.63. The predicted octanol–water partition coefficient (Wildman–Crippen LogP) is 2.65. The zero-order valence-electron chi connectivity index (χ0n) is 8.83. The van der Waals surface area contributed by atoms with Crippen LogP contribution in [0.4, 0.5) is 8.78 Å². The third-order valence-corrected chi connectivity index (χ3v) is 2.78. The first-order valence-electron chi connectivity index (χ1n) is 5.44. The Bertz CT molecular complexity index is 340. The maximum absolute atomic E-state index is 12.9. The second-order valence-corrected chi connectivity index (χ2v) is 4.15. The second kappa shape index (κ2) is 4.78. The fraction of sp³-hybridized carbons (Fsp3) is 0.500. The third-order valence-electron chi connectivity index (χ3n) is 2.78. The summed E-state index contributed by atoms with van der Waals surface area (Å²) in [5, 5.41) is 9.31. The van der Waals surface area contributed by atoms with Gasteiger partial charge in [-0.3, -0.25) is 0 Å². The van der Waals surface area contributed by atoms with Gasteiger partial charge in [0, 0.05) is 18.2 Å². The van der Waals surface area contributed by atoms with Crippen molar-refractivity contribution in [1.82, 2.24) is 0 Å². The van der Waals surface area contributed by atoms with E-state index in [1.807, 2.05) is 0 Å². The van der Waals surface area contributed by atoms with E-state index in [0.29, 0.717) is 12.8 Å². The average Bonchev–Trinajstić information content (AvgIpc) is 2.20. The maximum Gasteiger partial charge on any atom is 0.129 e. The van der Waals surface area contributed by atoms with Crippen molar-refractivity contribution in [3.63, 3.8) is 0 Å². The zero-order valence-corrected chi connectivity index (χ0v) is 8.83. The lowest BCUT2D eigenvalue weighted by Gasteiger charge is -2.26. The molecular formula is C12H14F2O2. The number of halogens is 2. The Morgan fingerprint density at radius 1 is 1.00 bits per heavy atom. The molecule has 1 saturated carbocycles. The molecule has 0 amide bonds. The molecule has 0 radical (unpaired) electrons. The van der Waals surface area contributed by atoms with E-state index in [4.69, 9.17) is 4.74 Å². The Hall–Kier alpha value is -1.16. The summed E-state index contributed by atoms with van der Waals surface area (Å²) in [6, 6.07) is 3.17. The molecule has 1 N–H and O–H groups in total. The minimum atomic E-state index is -0.633. The van der Waals surface area contributed by atoms with Crippen LogP contribution in [-0.2, 0) is 0 Å². The molecule has 4 heteroatoms. The molecule has 1 aliphatic carbocycles. The Morgan fingerprint density at radius 3 is 2.12 bits per heavy atom. The fourth-order valence-electron chi connectivity index (χ4n) is 1.95. The van der Waals surface area contributed by atoms with E-state index >= 15 is 0 Å². The van der Waals surface area contributed by atoms with E-state index in [0.717, 1.165) is 18.9 Å². The number of hydrogen-bond donors (Lipinski definition) is 1. The van der Waals surface area contributed by atoms with Crippen molar-refractivity contribution in [3.05, 3.63) is 29.8 Å². The van der Waals surface area contributed by atoms with Crippen LogP contribution >= 0.6 is 0 Å². The molecule has 1 fully saturated rings. The first kappa shape index (κ1) is 11.3. The molecule has 2 rings (SSSR count). The van der Waals surface area contributed by atoms with Crippen molar-refractivity contribution in [3.8, 4) is 5.75 Å². The average molecular weight is 228 g/mol. The molecule has 1 aliphatic rings. The van der Waals surface area contributed by atoms with E-state index in [-0.39, 0.29) is 18.0 Å². The molecule has 0 unspecified atom stereocenters. The topological polar surface area (TPSA) is 29.5 Å². The van der Waals surface area contributed by atoms with Crippen LogP contribution in [-0.4, -0.2) is 17.3 Å². The van der Waals surface area contributed by atoms with Gasteiger partial charge in [-0.25, -0.2) is 8.78 Å². The molecule has 88 valence electrons. The van der Waals surface area contributed by atoms with Crippen LogP contribution in [0.5, 0.6) is 5.75 Å². The summed E-state index contributed by atoms with van der Waals surface area (Å²) in [7, 11) is 0. The molecule has 2 nitrogen and oxygen atoms in total. The van der Waals surface area contributed by atoms with E-state index in [1.54, 1.807) is 0 Å². The van der Waals surface area contributed by atoms with Gasteiger partial charge in [-0.05, 0) is 25.7 Å². The van der Waals surface area contributed by atoms with Gasteiger partial charge >= 0.3 is 0 Å². The maximum atomic E-state index is 12.9. The molecule has 0 aromatic heterocycles. The molecular weight excluding hydrogens is 214 g/mol. The minimum Gasteiger partial charge on any atom is -0.490 e. The molecule has 0 heterocycles. The molecule has 0 spiro atoms. The number of rotatable bonds is 2. The van der Waals surface area contributed by atoms with Crippen molar-refractivity contribution in [2.24, 2.45) is 0 Å². The van der Waals surface area contributed by atoms with Gasteiger partial charge in [-0.15, -0.1) is 0 Å². The van der Waals surface area contributed by atoms with Gasteiger partial charge in [0.05, 0.1) is 12.2 Å². The Balaban J connectivity index is 1.98. The number of ether oxygens (including phenoxy) is 1. The van der Waals surface area contributed by atoms with Crippen LogP contribution in [0.1, 0.15) is 25.7 Å². The lowest BCUT2D eigenvalue weighted by molar-refractivity contribution is 0.0662. The zero-order chi connectivity index (χ0) is 11.5. The van der Waals surface area contributed by atoms with Crippen molar-refractivity contribution < 1.29 is 18.6 Å². The molecule has 0 saturated heterocycles. The van der Waals surface area contributed by atoms with Crippen LogP contribution in [0.3, 0.4) is 0 Å². The van der Waals surface area contributed by atoms with Gasteiger partial charge in [-0.2, -0.15) is 0 Å². The molecule has 0 bridgehead atoms. The van der Waals surface area contributed by atoms with Gasteiger partial charge in [0.1, 0.15) is 17.4 Å². The summed E-state index contributed by atoms with van der Waals surface area (Å²) in [5.74, 6) is -1.05. The van der Waals surface area contributed by atoms with Crippen LogP contribution in [0.15, 0.2) is 18.2 Å². The fourth-order valence-corrected chi connectivity index (χ4v) is 1.95. The van der Waals surface area contributed by atoms with Gasteiger partial charge in [-0.1, -0.05) is 0 Å². The number of aliphatic hydroxyl groups is 1. The smallest absolute Gasteiger partial charge is 0.129 e. The van der Waals surface area contributed by atoms with Gasteiger partial charge in [0.2, 0.25) is 0 Å². The van der Waals surface area contributed by atoms with Crippen molar-refractivity contribution >= 4 is 0 Å². The highest BCUT2D eigenvalue weighted by Crippen LogP contribution is 2.24. The quantitative estimate of drug-likeness (QED) is 0.843. The highest BCUT2D eigenvalue weighted by Gasteiger charge is 2.20. The summed E-state index contributed by atoms with van der Waals surface area (Å²) in [4.78, 5) is 0. The SMILES string of the molecule is OC1CCC(Oc2cc(F)cc(F)c2)CC1. The summed E-state index contributed by atoms with van der Waals surface area (Å²) < 4.78 is 31.2. The summed E-state index contributed by atoms with van der Waals surface area (Å²) >= 11 is 0. The number of benzene rings is 1. The van der Waals surface area contributed by atoms with Gasteiger partial charge < -0.3 is 9.84 Å². The Kier molecular flexibility index (Phi) is 3.39. The van der Waals surface area contributed by atoms with Crippen LogP contribution in [0, 0.1) is 11.6 Å².